The van der Waals surface area contributed by atoms with Crippen LogP contribution in [0.15, 0.2) is 54.6 Å². The zero-order chi connectivity index (χ0) is 12.6. The van der Waals surface area contributed by atoms with Crippen LogP contribution in [0.5, 0.6) is 5.75 Å². The summed E-state index contributed by atoms with van der Waals surface area (Å²) in [6.45, 7) is 0.799. The Kier molecular flexibility index (Phi) is 5.52. The second-order valence-electron chi connectivity index (χ2n) is 4.25. The minimum atomic E-state index is 0.799. The lowest BCUT2D eigenvalue weighted by molar-refractivity contribution is 0.307. The van der Waals surface area contributed by atoms with Gasteiger partial charge in [-0.2, -0.15) is 0 Å². The quantitative estimate of drug-likeness (QED) is 0.541. The molecule has 0 aliphatic carbocycles. The minimum absolute atomic E-state index is 0.799. The largest absolute Gasteiger partial charge is 0.494 e. The lowest BCUT2D eigenvalue weighted by atomic mass is 10.1. The topological polar surface area (TPSA) is 9.23 Å². The molecular weight excluding hydrogens is 335 g/mol. The summed E-state index contributed by atoms with van der Waals surface area (Å²) >= 11 is 2.30. The van der Waals surface area contributed by atoms with Crippen LogP contribution in [0, 0.1) is 3.57 Å². The van der Waals surface area contributed by atoms with E-state index in [1.807, 2.05) is 12.1 Å². The highest BCUT2D eigenvalue weighted by Gasteiger charge is 1.96. The lowest BCUT2D eigenvalue weighted by Gasteiger charge is -2.06. The van der Waals surface area contributed by atoms with E-state index in [0.29, 0.717) is 0 Å². The fourth-order valence-electron chi connectivity index (χ4n) is 1.82. The molecule has 0 radical (unpaired) electrons. The molecule has 0 unspecified atom stereocenters. The van der Waals surface area contributed by atoms with Crippen molar-refractivity contribution in [3.8, 4) is 5.75 Å². The van der Waals surface area contributed by atoms with E-state index in [9.17, 15) is 0 Å². The number of benzene rings is 2. The second-order valence-corrected chi connectivity index (χ2v) is 5.49. The standard InChI is InChI=1S/C16H17IO/c17-15-10-6-11-16(13-15)18-12-5-4-9-14-7-2-1-3-8-14/h1-3,6-8,10-11,13H,4-5,9,12H2. The molecule has 1 nitrogen and oxygen atoms in total. The van der Waals surface area contributed by atoms with Crippen molar-refractivity contribution >= 4 is 22.6 Å². The van der Waals surface area contributed by atoms with Crippen LogP contribution in [0.1, 0.15) is 18.4 Å². The molecule has 0 heterocycles. The van der Waals surface area contributed by atoms with Crippen LogP contribution in [-0.4, -0.2) is 6.61 Å². The van der Waals surface area contributed by atoms with Crippen LogP contribution >= 0.6 is 22.6 Å². The van der Waals surface area contributed by atoms with E-state index in [-0.39, 0.29) is 0 Å². The van der Waals surface area contributed by atoms with Crippen LogP contribution in [0.25, 0.3) is 0 Å². The summed E-state index contributed by atoms with van der Waals surface area (Å²) < 4.78 is 6.94. The number of rotatable bonds is 6. The number of ether oxygens (including phenoxy) is 1. The average Bonchev–Trinajstić information content (AvgIpc) is 2.40. The Labute approximate surface area is 122 Å². The van der Waals surface area contributed by atoms with E-state index in [0.717, 1.165) is 25.2 Å². The predicted molar refractivity (Wildman–Crippen MR) is 84.0 cm³/mol. The number of hydrogen-bond donors (Lipinski definition) is 0. The normalized spacial score (nSPS) is 10.3. The third-order valence-electron chi connectivity index (χ3n) is 2.77. The van der Waals surface area contributed by atoms with E-state index < -0.39 is 0 Å². The zero-order valence-electron chi connectivity index (χ0n) is 10.3. The maximum atomic E-state index is 5.72. The van der Waals surface area contributed by atoms with Crippen molar-refractivity contribution in [3.05, 3.63) is 63.7 Å². The van der Waals surface area contributed by atoms with Gasteiger partial charge in [0.1, 0.15) is 5.75 Å². The first-order chi connectivity index (χ1) is 8.84. The van der Waals surface area contributed by atoms with Crippen molar-refractivity contribution in [3.63, 3.8) is 0 Å². The minimum Gasteiger partial charge on any atom is -0.494 e. The molecule has 0 aliphatic heterocycles. The van der Waals surface area contributed by atoms with Crippen LogP contribution in [0.4, 0.5) is 0 Å². The molecule has 0 aromatic heterocycles. The van der Waals surface area contributed by atoms with Crippen LogP contribution in [-0.2, 0) is 6.42 Å². The number of hydrogen-bond acceptors (Lipinski definition) is 1. The van der Waals surface area contributed by atoms with Gasteiger partial charge in [-0.1, -0.05) is 36.4 Å². The fraction of sp³-hybridized carbons (Fsp3) is 0.250. The van der Waals surface area contributed by atoms with Gasteiger partial charge in [0, 0.05) is 3.57 Å². The van der Waals surface area contributed by atoms with Gasteiger partial charge >= 0.3 is 0 Å². The van der Waals surface area contributed by atoms with Crippen molar-refractivity contribution < 1.29 is 4.74 Å². The highest BCUT2D eigenvalue weighted by molar-refractivity contribution is 14.1. The van der Waals surface area contributed by atoms with Gasteiger partial charge in [0.15, 0.2) is 0 Å². The van der Waals surface area contributed by atoms with Gasteiger partial charge in [-0.05, 0) is 65.6 Å². The smallest absolute Gasteiger partial charge is 0.120 e. The SMILES string of the molecule is Ic1cccc(OCCCCc2ccccc2)c1. The van der Waals surface area contributed by atoms with Gasteiger partial charge in [0.25, 0.3) is 0 Å². The molecule has 94 valence electrons. The first kappa shape index (κ1) is 13.4. The summed E-state index contributed by atoms with van der Waals surface area (Å²) in [4.78, 5) is 0. The third-order valence-corrected chi connectivity index (χ3v) is 3.44. The Bertz CT molecular complexity index is 468. The van der Waals surface area contributed by atoms with Gasteiger partial charge < -0.3 is 4.74 Å². The molecule has 0 saturated heterocycles. The summed E-state index contributed by atoms with van der Waals surface area (Å²) in [5.74, 6) is 0.974. The maximum absolute atomic E-state index is 5.72. The first-order valence-corrected chi connectivity index (χ1v) is 7.35. The van der Waals surface area contributed by atoms with Crippen molar-refractivity contribution in [1.82, 2.24) is 0 Å². The Hall–Kier alpha value is -1.03. The molecular formula is C16H17IO. The van der Waals surface area contributed by atoms with E-state index >= 15 is 0 Å². The van der Waals surface area contributed by atoms with Gasteiger partial charge in [-0.3, -0.25) is 0 Å². The molecule has 0 fully saturated rings. The average molecular weight is 352 g/mol. The predicted octanol–water partition coefficient (Wildman–Crippen LogP) is 4.69. The zero-order valence-corrected chi connectivity index (χ0v) is 12.5. The van der Waals surface area contributed by atoms with Crippen molar-refractivity contribution in [1.29, 1.82) is 0 Å². The van der Waals surface area contributed by atoms with Gasteiger partial charge in [0.2, 0.25) is 0 Å². The molecule has 18 heavy (non-hydrogen) atoms. The van der Waals surface area contributed by atoms with Crippen LogP contribution in [0.3, 0.4) is 0 Å². The maximum Gasteiger partial charge on any atom is 0.120 e. The van der Waals surface area contributed by atoms with Gasteiger partial charge in [-0.25, -0.2) is 0 Å². The van der Waals surface area contributed by atoms with Gasteiger partial charge in [-0.15, -0.1) is 0 Å². The van der Waals surface area contributed by atoms with E-state index in [1.165, 1.54) is 15.6 Å². The lowest BCUT2D eigenvalue weighted by Crippen LogP contribution is -1.98. The molecule has 0 saturated carbocycles. The second kappa shape index (κ2) is 7.41. The number of aryl methyl sites for hydroxylation is 1. The summed E-state index contributed by atoms with van der Waals surface area (Å²) in [6, 6.07) is 18.8. The van der Waals surface area contributed by atoms with E-state index in [1.54, 1.807) is 0 Å². The van der Waals surface area contributed by atoms with E-state index in [2.05, 4.69) is 65.1 Å². The van der Waals surface area contributed by atoms with Crippen molar-refractivity contribution in [2.24, 2.45) is 0 Å². The Morgan fingerprint density at radius 1 is 0.889 bits per heavy atom. The molecule has 0 amide bonds. The highest BCUT2D eigenvalue weighted by Crippen LogP contribution is 2.15. The Morgan fingerprint density at radius 2 is 1.72 bits per heavy atom. The molecule has 0 N–H and O–H groups in total. The monoisotopic (exact) mass is 352 g/mol. The van der Waals surface area contributed by atoms with Crippen molar-refractivity contribution in [2.75, 3.05) is 6.61 Å². The summed E-state index contributed by atoms with van der Waals surface area (Å²) in [7, 11) is 0. The molecule has 2 rings (SSSR count). The van der Waals surface area contributed by atoms with Crippen molar-refractivity contribution in [2.45, 2.75) is 19.3 Å². The van der Waals surface area contributed by atoms with Crippen LogP contribution in [0.2, 0.25) is 0 Å². The third kappa shape index (κ3) is 4.69. The Morgan fingerprint density at radius 3 is 2.50 bits per heavy atom. The fourth-order valence-corrected chi connectivity index (χ4v) is 2.34. The van der Waals surface area contributed by atoms with Gasteiger partial charge in [0.05, 0.1) is 6.61 Å². The highest BCUT2D eigenvalue weighted by atomic mass is 127. The Balaban J connectivity index is 1.65. The molecule has 2 aromatic carbocycles. The molecule has 2 heteroatoms. The molecule has 2 aromatic rings. The van der Waals surface area contributed by atoms with E-state index in [4.69, 9.17) is 4.74 Å². The van der Waals surface area contributed by atoms with Crippen LogP contribution < -0.4 is 4.74 Å². The molecule has 0 aliphatic rings. The molecule has 0 atom stereocenters. The first-order valence-electron chi connectivity index (χ1n) is 6.27. The summed E-state index contributed by atoms with van der Waals surface area (Å²) in [5.41, 5.74) is 1.41. The molecule has 0 bridgehead atoms. The molecule has 0 spiro atoms. The number of halogens is 1. The summed E-state index contributed by atoms with van der Waals surface area (Å²) in [5, 5.41) is 0. The number of unbranched alkanes of at least 4 members (excludes halogenated alkanes) is 1. The summed E-state index contributed by atoms with van der Waals surface area (Å²) in [6.07, 6.45) is 3.41.